The number of amides is 2. The molecule has 0 bridgehead atoms. The average Bonchev–Trinajstić information content (AvgIpc) is 2.84. The second-order valence-electron chi connectivity index (χ2n) is 9.16. The molecule has 0 spiro atoms. The number of hydrogen-bond acceptors (Lipinski definition) is 6. The van der Waals surface area contributed by atoms with Crippen molar-refractivity contribution in [3.05, 3.63) is 60.8 Å². The molecule has 1 aromatic heterocycles. The molecule has 0 saturated carbocycles. The lowest BCUT2D eigenvalue weighted by atomic mass is 10.1. The monoisotopic (exact) mass is 472 g/mol. The SMILES string of the molecule is CC(=O)Nc1ccc(-c2ccnc(Nc3ccc(N4CCN(C(=O)CC(C)C)CC4)cc3)n2)cc1. The van der Waals surface area contributed by atoms with Gasteiger partial charge in [0.05, 0.1) is 5.69 Å². The molecule has 2 aromatic carbocycles. The molecule has 182 valence electrons. The number of carbonyl (C=O) groups is 2. The normalized spacial score (nSPS) is 13.6. The molecule has 0 atom stereocenters. The summed E-state index contributed by atoms with van der Waals surface area (Å²) in [6.07, 6.45) is 2.34. The molecule has 1 saturated heterocycles. The lowest BCUT2D eigenvalue weighted by Crippen LogP contribution is -2.49. The van der Waals surface area contributed by atoms with Crippen molar-refractivity contribution in [3.63, 3.8) is 0 Å². The van der Waals surface area contributed by atoms with Gasteiger partial charge in [-0.05, 0) is 48.4 Å². The highest BCUT2D eigenvalue weighted by atomic mass is 16.2. The van der Waals surface area contributed by atoms with Crippen LogP contribution in [-0.4, -0.2) is 52.9 Å². The topological polar surface area (TPSA) is 90.5 Å². The van der Waals surface area contributed by atoms with Crippen LogP contribution in [0.15, 0.2) is 60.8 Å². The molecule has 8 nitrogen and oxygen atoms in total. The minimum atomic E-state index is -0.101. The Labute approximate surface area is 206 Å². The van der Waals surface area contributed by atoms with Crippen LogP contribution in [0.25, 0.3) is 11.3 Å². The minimum absolute atomic E-state index is 0.101. The molecule has 3 aromatic rings. The summed E-state index contributed by atoms with van der Waals surface area (Å²) in [6, 6.07) is 17.6. The third-order valence-corrected chi connectivity index (χ3v) is 5.86. The third kappa shape index (κ3) is 6.56. The van der Waals surface area contributed by atoms with Crippen LogP contribution in [0.4, 0.5) is 23.0 Å². The van der Waals surface area contributed by atoms with E-state index >= 15 is 0 Å². The second kappa shape index (κ2) is 11.0. The molecule has 0 unspecified atom stereocenters. The van der Waals surface area contributed by atoms with Crippen LogP contribution in [0.1, 0.15) is 27.2 Å². The zero-order valence-electron chi connectivity index (χ0n) is 20.5. The predicted octanol–water partition coefficient (Wildman–Crippen LogP) is 4.54. The van der Waals surface area contributed by atoms with E-state index in [9.17, 15) is 9.59 Å². The van der Waals surface area contributed by atoms with E-state index in [-0.39, 0.29) is 11.8 Å². The van der Waals surface area contributed by atoms with Crippen molar-refractivity contribution in [1.29, 1.82) is 0 Å². The van der Waals surface area contributed by atoms with Crippen LogP contribution in [0.5, 0.6) is 0 Å². The first-order valence-corrected chi connectivity index (χ1v) is 12.0. The van der Waals surface area contributed by atoms with Gasteiger partial charge in [0.15, 0.2) is 0 Å². The maximum atomic E-state index is 12.3. The summed E-state index contributed by atoms with van der Waals surface area (Å²) < 4.78 is 0. The van der Waals surface area contributed by atoms with Crippen LogP contribution in [-0.2, 0) is 9.59 Å². The van der Waals surface area contributed by atoms with Gasteiger partial charge in [-0.2, -0.15) is 0 Å². The van der Waals surface area contributed by atoms with Gasteiger partial charge in [0.1, 0.15) is 0 Å². The largest absolute Gasteiger partial charge is 0.368 e. The third-order valence-electron chi connectivity index (χ3n) is 5.86. The highest BCUT2D eigenvalue weighted by molar-refractivity contribution is 5.88. The Bertz CT molecular complexity index is 1150. The van der Waals surface area contributed by atoms with Gasteiger partial charge in [-0.1, -0.05) is 26.0 Å². The molecular formula is C27H32N6O2. The van der Waals surface area contributed by atoms with Crippen molar-refractivity contribution >= 4 is 34.8 Å². The van der Waals surface area contributed by atoms with Gasteiger partial charge < -0.3 is 20.4 Å². The fourth-order valence-electron chi connectivity index (χ4n) is 4.08. The van der Waals surface area contributed by atoms with Crippen molar-refractivity contribution < 1.29 is 9.59 Å². The smallest absolute Gasteiger partial charge is 0.227 e. The first kappa shape index (κ1) is 24.2. The van der Waals surface area contributed by atoms with Crippen molar-refractivity contribution in [2.75, 3.05) is 41.7 Å². The number of benzene rings is 2. The Hall–Kier alpha value is -3.94. The summed E-state index contributed by atoms with van der Waals surface area (Å²) in [5.74, 6) is 1.06. The maximum absolute atomic E-state index is 12.3. The zero-order valence-corrected chi connectivity index (χ0v) is 20.5. The van der Waals surface area contributed by atoms with Gasteiger partial charge in [0.25, 0.3) is 0 Å². The molecule has 2 amide bonds. The number of anilines is 4. The number of hydrogen-bond donors (Lipinski definition) is 2. The second-order valence-corrected chi connectivity index (χ2v) is 9.16. The van der Waals surface area contributed by atoms with Crippen LogP contribution in [0.3, 0.4) is 0 Å². The minimum Gasteiger partial charge on any atom is -0.368 e. The number of rotatable bonds is 7. The summed E-state index contributed by atoms with van der Waals surface area (Å²) in [5.41, 5.74) is 4.51. The highest BCUT2D eigenvalue weighted by Crippen LogP contribution is 2.24. The van der Waals surface area contributed by atoms with Gasteiger partial charge in [-0.25, -0.2) is 9.97 Å². The molecular weight excluding hydrogens is 440 g/mol. The van der Waals surface area contributed by atoms with Gasteiger partial charge in [-0.15, -0.1) is 0 Å². The number of carbonyl (C=O) groups excluding carboxylic acids is 2. The van der Waals surface area contributed by atoms with Gasteiger partial charge >= 0.3 is 0 Å². The number of nitrogens with zero attached hydrogens (tertiary/aromatic N) is 4. The zero-order chi connectivity index (χ0) is 24.8. The lowest BCUT2D eigenvalue weighted by molar-refractivity contribution is -0.132. The van der Waals surface area contributed by atoms with Gasteiger partial charge in [-0.3, -0.25) is 9.59 Å². The van der Waals surface area contributed by atoms with E-state index in [1.54, 1.807) is 6.20 Å². The predicted molar refractivity (Wildman–Crippen MR) is 140 cm³/mol. The number of nitrogens with one attached hydrogen (secondary N) is 2. The molecule has 8 heteroatoms. The molecule has 2 heterocycles. The molecule has 1 aliphatic heterocycles. The van der Waals surface area contributed by atoms with Crippen molar-refractivity contribution in [3.8, 4) is 11.3 Å². The first-order valence-electron chi connectivity index (χ1n) is 12.0. The highest BCUT2D eigenvalue weighted by Gasteiger charge is 2.21. The quantitative estimate of drug-likeness (QED) is 0.525. The Kier molecular flexibility index (Phi) is 7.60. The maximum Gasteiger partial charge on any atom is 0.227 e. The Balaban J connectivity index is 1.35. The number of piperazine rings is 1. The van der Waals surface area contributed by atoms with Crippen LogP contribution < -0.4 is 15.5 Å². The van der Waals surface area contributed by atoms with Gasteiger partial charge in [0, 0.05) is 68.3 Å². The summed E-state index contributed by atoms with van der Waals surface area (Å²) in [4.78, 5) is 36.8. The van der Waals surface area contributed by atoms with E-state index in [2.05, 4.69) is 51.5 Å². The molecule has 0 radical (unpaired) electrons. The molecule has 1 aliphatic rings. The first-order chi connectivity index (χ1) is 16.9. The van der Waals surface area contributed by atoms with E-state index in [1.807, 2.05) is 47.4 Å². The molecule has 1 fully saturated rings. The van der Waals surface area contributed by atoms with Crippen molar-refractivity contribution in [2.45, 2.75) is 27.2 Å². The summed E-state index contributed by atoms with van der Waals surface area (Å²) >= 11 is 0. The van der Waals surface area contributed by atoms with Crippen LogP contribution >= 0.6 is 0 Å². The van der Waals surface area contributed by atoms with Crippen LogP contribution in [0.2, 0.25) is 0 Å². The van der Waals surface area contributed by atoms with E-state index in [1.165, 1.54) is 6.92 Å². The fourth-order valence-corrected chi connectivity index (χ4v) is 4.08. The average molecular weight is 473 g/mol. The Morgan fingerprint density at radius 2 is 1.57 bits per heavy atom. The molecule has 0 aliphatic carbocycles. The fraction of sp³-hybridized carbons (Fsp3) is 0.333. The molecule has 4 rings (SSSR count). The summed E-state index contributed by atoms with van der Waals surface area (Å²) in [7, 11) is 0. The van der Waals surface area contributed by atoms with Gasteiger partial charge in [0.2, 0.25) is 17.8 Å². The summed E-state index contributed by atoms with van der Waals surface area (Å²) in [5, 5.41) is 6.04. The number of aromatic nitrogens is 2. The Morgan fingerprint density at radius 1 is 0.914 bits per heavy atom. The summed E-state index contributed by atoms with van der Waals surface area (Å²) in [6.45, 7) is 8.84. The Morgan fingerprint density at radius 3 is 2.20 bits per heavy atom. The van der Waals surface area contributed by atoms with Crippen LogP contribution in [0, 0.1) is 5.92 Å². The van der Waals surface area contributed by atoms with Crippen molar-refractivity contribution in [1.82, 2.24) is 14.9 Å². The van der Waals surface area contributed by atoms with E-state index in [0.717, 1.165) is 54.5 Å². The van der Waals surface area contributed by atoms with Crippen molar-refractivity contribution in [2.24, 2.45) is 5.92 Å². The van der Waals surface area contributed by atoms with E-state index in [0.29, 0.717) is 18.3 Å². The molecule has 2 N–H and O–H groups in total. The molecule has 35 heavy (non-hydrogen) atoms. The van der Waals surface area contributed by atoms with E-state index in [4.69, 9.17) is 0 Å². The standard InChI is InChI=1S/C27H32N6O2/c1-19(2)18-26(35)33-16-14-32(15-17-33)24-10-8-23(9-11-24)30-27-28-13-12-25(31-27)21-4-6-22(7-5-21)29-20(3)34/h4-13,19H,14-18H2,1-3H3,(H,29,34)(H,28,30,31). The lowest BCUT2D eigenvalue weighted by Gasteiger charge is -2.36. The van der Waals surface area contributed by atoms with E-state index < -0.39 is 0 Å².